The number of nitrogens with two attached hydrogens (primary N) is 1. The third-order valence-corrected chi connectivity index (χ3v) is 7.10. The largest absolute Gasteiger partial charge is 0.487 e. The number of amides is 2. The first-order chi connectivity index (χ1) is 21.7. The fourth-order valence-electron chi connectivity index (χ4n) is 4.55. The number of carbonyl (C=O) groups is 2. The Bertz CT molecular complexity index is 1710. The number of hydrogen-bond acceptors (Lipinski definition) is 9. The molecular formula is C31H31F2N5O6. The van der Waals surface area contributed by atoms with Crippen LogP contribution < -0.4 is 25.4 Å². The molecule has 0 atom stereocenters. The summed E-state index contributed by atoms with van der Waals surface area (Å²) in [4.78, 5) is 35.4. The Kier molecular flexibility index (Phi) is 8.75. The van der Waals surface area contributed by atoms with Gasteiger partial charge in [0.2, 0.25) is 11.8 Å². The molecule has 11 nitrogen and oxygen atoms in total. The number of halogens is 2. The van der Waals surface area contributed by atoms with Crippen LogP contribution in [0.15, 0.2) is 60.9 Å². The zero-order valence-corrected chi connectivity index (χ0v) is 24.1. The summed E-state index contributed by atoms with van der Waals surface area (Å²) in [7, 11) is 3.09. The molecule has 1 heterocycles. The zero-order valence-electron chi connectivity index (χ0n) is 25.1. The molecular weight excluding hydrogens is 576 g/mol. The van der Waals surface area contributed by atoms with Crippen LogP contribution in [0.3, 0.4) is 0 Å². The van der Waals surface area contributed by atoms with Crippen molar-refractivity contribution in [3.05, 3.63) is 72.6 Å². The average Bonchev–Trinajstić information content (AvgIpc) is 3.85. The van der Waals surface area contributed by atoms with Crippen LogP contribution in [0.4, 0.5) is 31.7 Å². The van der Waals surface area contributed by atoms with E-state index in [1.807, 2.05) is 0 Å². The minimum atomic E-state index is -1.43. The maximum Gasteiger partial charge on any atom is 0.247 e. The van der Waals surface area contributed by atoms with E-state index >= 15 is 4.39 Å². The highest BCUT2D eigenvalue weighted by molar-refractivity contribution is 6.16. The van der Waals surface area contributed by atoms with E-state index in [4.69, 9.17) is 26.1 Å². The number of nitrogens with one attached hydrogen (secondary N) is 1. The molecule has 1 saturated carbocycles. The molecule has 1 fully saturated rings. The third kappa shape index (κ3) is 6.38. The van der Waals surface area contributed by atoms with Crippen LogP contribution in [-0.2, 0) is 19.1 Å². The predicted molar refractivity (Wildman–Crippen MR) is 158 cm³/mol. The SMILES string of the molecule is [2H]N(c1ccc(N(C(=O)C2(C(N)=O)CC2)c2ccc(F)cc2)cc1F)c1ncnc2cc(OCCOC)c(OCCOC)cc12. The van der Waals surface area contributed by atoms with E-state index in [1.165, 1.54) is 30.6 Å². The lowest BCUT2D eigenvalue weighted by Crippen LogP contribution is -2.41. The first-order valence-corrected chi connectivity index (χ1v) is 13.7. The topological polar surface area (TPSA) is 138 Å². The Morgan fingerprint density at radius 2 is 1.57 bits per heavy atom. The molecule has 0 aliphatic heterocycles. The predicted octanol–water partition coefficient (Wildman–Crippen LogP) is 4.63. The highest BCUT2D eigenvalue weighted by atomic mass is 19.1. The van der Waals surface area contributed by atoms with Gasteiger partial charge in [-0.15, -0.1) is 0 Å². The number of benzene rings is 3. The number of primary amides is 1. The number of rotatable bonds is 14. The van der Waals surface area contributed by atoms with E-state index in [0.29, 0.717) is 35.6 Å². The lowest BCUT2D eigenvalue weighted by molar-refractivity contribution is -0.133. The van der Waals surface area contributed by atoms with Crippen molar-refractivity contribution in [3.63, 3.8) is 0 Å². The van der Waals surface area contributed by atoms with Gasteiger partial charge in [0, 0.05) is 37.4 Å². The summed E-state index contributed by atoms with van der Waals surface area (Å²) in [6, 6.07) is 12.0. The fraction of sp³-hybridized carbons (Fsp3) is 0.290. The lowest BCUT2D eigenvalue weighted by atomic mass is 10.0. The monoisotopic (exact) mass is 608 g/mol. The second kappa shape index (κ2) is 13.2. The van der Waals surface area contributed by atoms with Gasteiger partial charge in [-0.25, -0.2) is 18.7 Å². The number of ether oxygens (including phenoxy) is 4. The molecule has 5 rings (SSSR count). The van der Waals surface area contributed by atoms with Crippen LogP contribution in [0.5, 0.6) is 11.5 Å². The van der Waals surface area contributed by atoms with Gasteiger partial charge < -0.3 is 30.0 Å². The van der Waals surface area contributed by atoms with E-state index in [0.717, 1.165) is 28.4 Å². The molecule has 1 aliphatic carbocycles. The number of fused-ring (bicyclic) bond motifs is 1. The summed E-state index contributed by atoms with van der Waals surface area (Å²) in [5.74, 6) is -2.06. The average molecular weight is 609 g/mol. The van der Waals surface area contributed by atoms with Gasteiger partial charge in [-0.2, -0.15) is 0 Å². The standard InChI is InChI=1S/C31H31F2N5O6/c1-41-11-13-43-26-16-22-25(17-27(26)44-14-12-42-2)35-18-36-28(22)37-24-8-7-21(15-23(24)33)38(20-5-3-19(32)4-6-20)30(40)31(9-10-31)29(34)39/h3-8,15-18H,9-14H2,1-2H3,(H2,34,39)(H,35,36,37)/i/hD. The molecule has 0 unspecified atom stereocenters. The van der Waals surface area contributed by atoms with Gasteiger partial charge in [0.05, 0.1) is 30.1 Å². The van der Waals surface area contributed by atoms with E-state index in [1.54, 1.807) is 26.4 Å². The van der Waals surface area contributed by atoms with Gasteiger partial charge >= 0.3 is 0 Å². The van der Waals surface area contributed by atoms with Crippen molar-refractivity contribution in [2.45, 2.75) is 12.8 Å². The normalized spacial score (nSPS) is 13.7. The first kappa shape index (κ1) is 29.2. The smallest absolute Gasteiger partial charge is 0.247 e. The molecule has 0 radical (unpaired) electrons. The van der Waals surface area contributed by atoms with Gasteiger partial charge in [0.25, 0.3) is 0 Å². The number of carbonyl (C=O) groups excluding carboxylic acids is 2. The van der Waals surface area contributed by atoms with Crippen molar-refractivity contribution in [3.8, 4) is 11.5 Å². The molecule has 3 aromatic carbocycles. The van der Waals surface area contributed by atoms with Crippen LogP contribution in [0.2, 0.25) is 1.41 Å². The third-order valence-electron chi connectivity index (χ3n) is 7.10. The zero-order chi connectivity index (χ0) is 32.1. The Hall–Kier alpha value is -4.88. The molecule has 3 N–H and O–H groups in total. The molecule has 230 valence electrons. The Labute approximate surface area is 253 Å². The Morgan fingerprint density at radius 3 is 2.16 bits per heavy atom. The lowest BCUT2D eigenvalue weighted by Gasteiger charge is -2.27. The number of methoxy groups -OCH3 is 2. The second-order valence-electron chi connectivity index (χ2n) is 10.0. The number of aromatic nitrogens is 2. The quantitative estimate of drug-likeness (QED) is 0.155. The maximum atomic E-state index is 15.8. The Morgan fingerprint density at radius 1 is 0.932 bits per heavy atom. The van der Waals surface area contributed by atoms with Crippen LogP contribution in [0.25, 0.3) is 10.9 Å². The molecule has 1 aliphatic rings. The summed E-state index contributed by atoms with van der Waals surface area (Å²) in [5, 5.41) is 1.17. The molecule has 13 heteroatoms. The van der Waals surface area contributed by atoms with Crippen LogP contribution in [0.1, 0.15) is 12.8 Å². The summed E-state index contributed by atoms with van der Waals surface area (Å²) in [5.41, 5.74) is 4.62. The van der Waals surface area contributed by atoms with Gasteiger partial charge in [0.1, 0.15) is 42.4 Å². The van der Waals surface area contributed by atoms with Crippen molar-refractivity contribution < 1.29 is 38.7 Å². The molecule has 0 bridgehead atoms. The molecule has 2 amide bonds. The van der Waals surface area contributed by atoms with Crippen LogP contribution in [0, 0.1) is 17.0 Å². The summed E-state index contributed by atoms with van der Waals surface area (Å²) >= 11 is 0. The molecule has 44 heavy (non-hydrogen) atoms. The number of nitrogens with zero attached hydrogens (tertiary/aromatic N) is 3. The van der Waals surface area contributed by atoms with Crippen molar-refractivity contribution in [1.82, 2.24) is 9.97 Å². The van der Waals surface area contributed by atoms with Crippen molar-refractivity contribution in [1.29, 1.82) is 0 Å². The first-order valence-electron chi connectivity index (χ1n) is 14.2. The fourth-order valence-corrected chi connectivity index (χ4v) is 4.55. The summed E-state index contributed by atoms with van der Waals surface area (Å²) in [6.07, 6.45) is 1.73. The molecule has 0 saturated heterocycles. The highest BCUT2D eigenvalue weighted by Crippen LogP contribution is 2.49. The molecule has 1 aromatic heterocycles. The van der Waals surface area contributed by atoms with Crippen molar-refractivity contribution in [2.24, 2.45) is 11.1 Å². The van der Waals surface area contributed by atoms with Crippen LogP contribution >= 0.6 is 0 Å². The minimum absolute atomic E-state index is 0.0452. The van der Waals surface area contributed by atoms with Gasteiger partial charge in [-0.1, -0.05) is 0 Å². The van der Waals surface area contributed by atoms with E-state index in [9.17, 15) is 14.0 Å². The van der Waals surface area contributed by atoms with E-state index in [2.05, 4.69) is 9.97 Å². The van der Waals surface area contributed by atoms with Gasteiger partial charge in [-0.3, -0.25) is 14.5 Å². The molecule has 4 aromatic rings. The van der Waals surface area contributed by atoms with Gasteiger partial charge in [0.15, 0.2) is 12.9 Å². The van der Waals surface area contributed by atoms with Crippen molar-refractivity contribution >= 4 is 45.6 Å². The summed E-state index contributed by atoms with van der Waals surface area (Å²) < 4.78 is 60.1. The molecule has 0 spiro atoms. The number of hydrogen-bond donors (Lipinski definition) is 2. The van der Waals surface area contributed by atoms with E-state index in [-0.39, 0.29) is 48.9 Å². The van der Waals surface area contributed by atoms with Crippen LogP contribution in [-0.4, -0.2) is 62.4 Å². The maximum absolute atomic E-state index is 15.8. The highest BCUT2D eigenvalue weighted by Gasteiger charge is 2.57. The minimum Gasteiger partial charge on any atom is -0.487 e. The number of anilines is 4. The Balaban J connectivity index is 1.52. The summed E-state index contributed by atoms with van der Waals surface area (Å²) in [6.45, 7) is 1.12. The second-order valence-corrected chi connectivity index (χ2v) is 10.0. The van der Waals surface area contributed by atoms with E-state index < -0.39 is 28.9 Å². The van der Waals surface area contributed by atoms with Crippen molar-refractivity contribution in [2.75, 3.05) is 50.9 Å². The van der Waals surface area contributed by atoms with Gasteiger partial charge in [-0.05, 0) is 55.3 Å².